The highest BCUT2D eigenvalue weighted by atomic mass is 35.5. The fourth-order valence-electron chi connectivity index (χ4n) is 2.99. The molecule has 0 bridgehead atoms. The summed E-state index contributed by atoms with van der Waals surface area (Å²) in [4.78, 5) is 16.9. The molecule has 0 radical (unpaired) electrons. The molecule has 0 atom stereocenters. The van der Waals surface area contributed by atoms with Gasteiger partial charge in [-0.1, -0.05) is 35.9 Å². The molecule has 0 spiro atoms. The van der Waals surface area contributed by atoms with E-state index in [9.17, 15) is 18.0 Å². The maximum atomic E-state index is 13.7. The van der Waals surface area contributed by atoms with Gasteiger partial charge in [0.25, 0.3) is 5.91 Å². The molecule has 0 saturated carbocycles. The van der Waals surface area contributed by atoms with Crippen molar-refractivity contribution >= 4 is 28.8 Å². The summed E-state index contributed by atoms with van der Waals surface area (Å²) in [5.74, 6) is -0.296. The highest BCUT2D eigenvalue weighted by Gasteiger charge is 2.35. The maximum Gasteiger partial charge on any atom is 0.433 e. The van der Waals surface area contributed by atoms with Crippen LogP contribution in [0.25, 0.3) is 16.9 Å². The van der Waals surface area contributed by atoms with Crippen molar-refractivity contribution in [3.8, 4) is 17.0 Å². The number of halogens is 4. The molecule has 0 aliphatic heterocycles. The second-order valence-electron chi connectivity index (χ2n) is 6.49. The van der Waals surface area contributed by atoms with E-state index in [1.165, 1.54) is 13.2 Å². The maximum absolute atomic E-state index is 13.7. The zero-order valence-corrected chi connectivity index (χ0v) is 16.7. The van der Waals surface area contributed by atoms with E-state index in [0.717, 1.165) is 6.07 Å². The molecule has 0 unspecified atom stereocenters. The molecule has 10 heteroatoms. The van der Waals surface area contributed by atoms with Crippen LogP contribution in [-0.2, 0) is 6.18 Å². The molecule has 2 aromatic carbocycles. The standard InChI is InChI=1S/C21H14ClF3N4O2/c1-31-17-5-3-2-4-14(17)27-20(30)16-11-19-26-15(12-6-8-13(22)9-7-12)10-18(21(23,24)25)29(19)28-16/h2-11H,1H3,(H,27,30). The van der Waals surface area contributed by atoms with E-state index in [1.807, 2.05) is 0 Å². The van der Waals surface area contributed by atoms with Crippen molar-refractivity contribution in [3.63, 3.8) is 0 Å². The van der Waals surface area contributed by atoms with Crippen LogP contribution < -0.4 is 10.1 Å². The minimum absolute atomic E-state index is 0.0769. The number of nitrogens with zero attached hydrogens (tertiary/aromatic N) is 3. The van der Waals surface area contributed by atoms with Gasteiger partial charge in [0, 0.05) is 16.7 Å². The third kappa shape index (κ3) is 4.17. The largest absolute Gasteiger partial charge is 0.495 e. The van der Waals surface area contributed by atoms with E-state index in [-0.39, 0.29) is 17.0 Å². The third-order valence-corrected chi connectivity index (χ3v) is 4.70. The molecule has 4 aromatic rings. The molecule has 0 aliphatic rings. The quantitative estimate of drug-likeness (QED) is 0.460. The lowest BCUT2D eigenvalue weighted by Crippen LogP contribution is -2.16. The molecule has 158 valence electrons. The number of hydrogen-bond acceptors (Lipinski definition) is 4. The number of carbonyl (C=O) groups excluding carboxylic acids is 1. The lowest BCUT2D eigenvalue weighted by Gasteiger charge is -2.11. The Labute approximate surface area is 179 Å². The fourth-order valence-corrected chi connectivity index (χ4v) is 3.12. The van der Waals surface area contributed by atoms with E-state index >= 15 is 0 Å². The van der Waals surface area contributed by atoms with Crippen molar-refractivity contribution in [2.75, 3.05) is 12.4 Å². The molecular weight excluding hydrogens is 433 g/mol. The normalized spacial score (nSPS) is 11.5. The number of ether oxygens (including phenoxy) is 1. The van der Waals surface area contributed by atoms with Crippen LogP contribution in [0.4, 0.5) is 18.9 Å². The number of para-hydroxylation sites is 2. The van der Waals surface area contributed by atoms with E-state index < -0.39 is 17.8 Å². The van der Waals surface area contributed by atoms with E-state index in [1.54, 1.807) is 48.5 Å². The summed E-state index contributed by atoms with van der Waals surface area (Å²) < 4.78 is 46.9. The van der Waals surface area contributed by atoms with E-state index in [4.69, 9.17) is 16.3 Å². The molecule has 31 heavy (non-hydrogen) atoms. The predicted octanol–water partition coefficient (Wildman–Crippen LogP) is 5.33. The minimum atomic E-state index is -4.72. The third-order valence-electron chi connectivity index (χ3n) is 4.45. The number of carbonyl (C=O) groups is 1. The Bertz CT molecular complexity index is 1270. The Morgan fingerprint density at radius 1 is 1.10 bits per heavy atom. The number of methoxy groups -OCH3 is 1. The number of amides is 1. The second kappa shape index (κ2) is 7.92. The second-order valence-corrected chi connectivity index (χ2v) is 6.92. The van der Waals surface area contributed by atoms with Crippen molar-refractivity contribution in [1.29, 1.82) is 0 Å². The Morgan fingerprint density at radius 3 is 2.48 bits per heavy atom. The summed E-state index contributed by atoms with van der Waals surface area (Å²) in [7, 11) is 1.44. The van der Waals surface area contributed by atoms with Crippen LogP contribution in [0.2, 0.25) is 5.02 Å². The summed E-state index contributed by atoms with van der Waals surface area (Å²) in [6.45, 7) is 0. The number of hydrogen-bond donors (Lipinski definition) is 1. The van der Waals surface area contributed by atoms with Gasteiger partial charge in [-0.2, -0.15) is 18.3 Å². The highest BCUT2D eigenvalue weighted by Crippen LogP contribution is 2.33. The van der Waals surface area contributed by atoms with E-state index in [2.05, 4.69) is 15.4 Å². The van der Waals surface area contributed by atoms with Crippen molar-refractivity contribution in [2.24, 2.45) is 0 Å². The molecule has 1 N–H and O–H groups in total. The highest BCUT2D eigenvalue weighted by molar-refractivity contribution is 6.30. The van der Waals surface area contributed by atoms with Crippen LogP contribution in [-0.4, -0.2) is 27.6 Å². The Kier molecular flexibility index (Phi) is 5.28. The van der Waals surface area contributed by atoms with Crippen molar-refractivity contribution < 1.29 is 22.7 Å². The minimum Gasteiger partial charge on any atom is -0.495 e. The summed E-state index contributed by atoms with van der Waals surface area (Å²) in [5, 5.41) is 6.87. The number of alkyl halides is 3. The van der Waals surface area contributed by atoms with Gasteiger partial charge in [0.15, 0.2) is 17.0 Å². The zero-order valence-electron chi connectivity index (χ0n) is 15.9. The lowest BCUT2D eigenvalue weighted by atomic mass is 10.1. The molecule has 0 saturated heterocycles. The van der Waals surface area contributed by atoms with Gasteiger partial charge in [-0.05, 0) is 30.3 Å². The van der Waals surface area contributed by atoms with Crippen molar-refractivity contribution in [1.82, 2.24) is 14.6 Å². The first kappa shape index (κ1) is 20.7. The number of fused-ring (bicyclic) bond motifs is 1. The Balaban J connectivity index is 1.78. The van der Waals surface area contributed by atoms with Gasteiger partial charge in [-0.3, -0.25) is 4.79 Å². The van der Waals surface area contributed by atoms with Crippen LogP contribution in [0.5, 0.6) is 5.75 Å². The molecule has 0 fully saturated rings. The smallest absolute Gasteiger partial charge is 0.433 e. The number of aromatic nitrogens is 3. The number of rotatable bonds is 4. The molecular formula is C21H14ClF3N4O2. The van der Waals surface area contributed by atoms with Gasteiger partial charge in [-0.15, -0.1) is 0 Å². The van der Waals surface area contributed by atoms with Gasteiger partial charge in [0.05, 0.1) is 18.5 Å². The number of nitrogens with one attached hydrogen (secondary N) is 1. The van der Waals surface area contributed by atoms with Crippen LogP contribution in [0.1, 0.15) is 16.2 Å². The van der Waals surface area contributed by atoms with Crippen LogP contribution >= 0.6 is 11.6 Å². The number of anilines is 1. The first-order chi connectivity index (χ1) is 14.8. The average molecular weight is 447 g/mol. The zero-order chi connectivity index (χ0) is 22.2. The van der Waals surface area contributed by atoms with Gasteiger partial charge in [0.2, 0.25) is 0 Å². The predicted molar refractivity (Wildman–Crippen MR) is 109 cm³/mol. The molecule has 1 amide bonds. The van der Waals surface area contributed by atoms with Gasteiger partial charge in [0.1, 0.15) is 5.75 Å². The topological polar surface area (TPSA) is 68.5 Å². The SMILES string of the molecule is COc1ccccc1NC(=O)c1cc2nc(-c3ccc(Cl)cc3)cc(C(F)(F)F)n2n1. The van der Waals surface area contributed by atoms with Gasteiger partial charge >= 0.3 is 6.18 Å². The average Bonchev–Trinajstić information content (AvgIpc) is 3.17. The first-order valence-corrected chi connectivity index (χ1v) is 9.32. The summed E-state index contributed by atoms with van der Waals surface area (Å²) >= 11 is 5.86. The first-order valence-electron chi connectivity index (χ1n) is 8.94. The molecule has 2 heterocycles. The lowest BCUT2D eigenvalue weighted by molar-refractivity contribution is -0.142. The van der Waals surface area contributed by atoms with E-state index in [0.29, 0.717) is 26.5 Å². The Morgan fingerprint density at radius 2 is 1.81 bits per heavy atom. The monoisotopic (exact) mass is 446 g/mol. The van der Waals surface area contributed by atoms with Crippen LogP contribution in [0, 0.1) is 0 Å². The summed E-state index contributed by atoms with van der Waals surface area (Å²) in [6.07, 6.45) is -4.72. The summed E-state index contributed by atoms with van der Waals surface area (Å²) in [5.41, 5.74) is -0.523. The number of benzene rings is 2. The van der Waals surface area contributed by atoms with Crippen LogP contribution in [0.15, 0.2) is 60.7 Å². The van der Waals surface area contributed by atoms with Crippen LogP contribution in [0.3, 0.4) is 0 Å². The summed E-state index contributed by atoms with van der Waals surface area (Å²) in [6, 6.07) is 15.0. The van der Waals surface area contributed by atoms with Gasteiger partial charge < -0.3 is 10.1 Å². The molecule has 4 rings (SSSR count). The molecule has 6 nitrogen and oxygen atoms in total. The Hall–Kier alpha value is -3.59. The van der Waals surface area contributed by atoms with Crippen molar-refractivity contribution in [3.05, 3.63) is 77.1 Å². The van der Waals surface area contributed by atoms with Gasteiger partial charge in [-0.25, -0.2) is 9.50 Å². The van der Waals surface area contributed by atoms with Crippen molar-refractivity contribution in [2.45, 2.75) is 6.18 Å². The molecule has 2 aromatic heterocycles. The molecule has 0 aliphatic carbocycles. The fraction of sp³-hybridized carbons (Fsp3) is 0.0952.